The maximum absolute atomic E-state index is 13.7. The van der Waals surface area contributed by atoms with Crippen LogP contribution in [0.25, 0.3) is 22.5 Å². The lowest BCUT2D eigenvalue weighted by atomic mass is 10.1. The zero-order valence-corrected chi connectivity index (χ0v) is 16.3. The minimum absolute atomic E-state index is 0.254. The highest BCUT2D eigenvalue weighted by atomic mass is 19.1. The molecular weight excluding hydrogens is 367 g/mol. The van der Waals surface area contributed by atoms with E-state index in [9.17, 15) is 4.39 Å². The molecule has 0 aliphatic carbocycles. The molecule has 1 heterocycles. The van der Waals surface area contributed by atoms with Crippen LogP contribution in [-0.4, -0.2) is 24.0 Å². The predicted octanol–water partition coefficient (Wildman–Crippen LogP) is 5.42. The number of nitrogens with zero attached hydrogens (tertiary/aromatic N) is 2. The second kappa shape index (κ2) is 8.19. The first-order valence-electron chi connectivity index (χ1n) is 9.28. The highest BCUT2D eigenvalue weighted by Crippen LogP contribution is 2.33. The molecule has 0 unspecified atom stereocenters. The van der Waals surface area contributed by atoms with Crippen molar-refractivity contribution in [2.45, 2.75) is 6.54 Å². The van der Waals surface area contributed by atoms with Gasteiger partial charge >= 0.3 is 0 Å². The fourth-order valence-electron chi connectivity index (χ4n) is 3.32. The first-order chi connectivity index (χ1) is 14.2. The number of aromatic nitrogens is 2. The second-order valence-corrected chi connectivity index (χ2v) is 6.64. The molecule has 5 heteroatoms. The van der Waals surface area contributed by atoms with Gasteiger partial charge in [0.1, 0.15) is 5.82 Å². The van der Waals surface area contributed by atoms with Gasteiger partial charge in [0.15, 0.2) is 11.5 Å². The summed E-state index contributed by atoms with van der Waals surface area (Å²) in [6.45, 7) is 0.468. The van der Waals surface area contributed by atoms with Gasteiger partial charge in [-0.2, -0.15) is 5.10 Å². The normalized spacial score (nSPS) is 10.7. The third kappa shape index (κ3) is 3.99. The van der Waals surface area contributed by atoms with E-state index in [1.807, 2.05) is 65.3 Å². The molecule has 146 valence electrons. The Labute approximate surface area is 169 Å². The van der Waals surface area contributed by atoms with Crippen LogP contribution >= 0.6 is 0 Å². The summed E-state index contributed by atoms with van der Waals surface area (Å²) in [5.74, 6) is 1.06. The van der Waals surface area contributed by atoms with Crippen LogP contribution in [0.3, 0.4) is 0 Å². The molecule has 0 saturated heterocycles. The van der Waals surface area contributed by atoms with Crippen molar-refractivity contribution < 1.29 is 13.9 Å². The molecule has 4 aromatic rings. The summed E-state index contributed by atoms with van der Waals surface area (Å²) in [6, 6.07) is 24.4. The van der Waals surface area contributed by atoms with Crippen molar-refractivity contribution in [1.29, 1.82) is 0 Å². The van der Waals surface area contributed by atoms with E-state index in [0.29, 0.717) is 18.0 Å². The molecule has 3 aromatic carbocycles. The Hall–Kier alpha value is -3.60. The summed E-state index contributed by atoms with van der Waals surface area (Å²) in [5, 5.41) is 4.81. The lowest BCUT2D eigenvalue weighted by Crippen LogP contribution is -2.04. The lowest BCUT2D eigenvalue weighted by Gasteiger charge is -2.08. The molecule has 0 spiro atoms. The molecular formula is C24H21FN2O2. The number of hydrogen-bond donors (Lipinski definition) is 0. The fraction of sp³-hybridized carbons (Fsp3) is 0.125. The van der Waals surface area contributed by atoms with Crippen LogP contribution in [0, 0.1) is 5.82 Å². The summed E-state index contributed by atoms with van der Waals surface area (Å²) in [6.07, 6.45) is 0. The maximum atomic E-state index is 13.7. The van der Waals surface area contributed by atoms with Crippen molar-refractivity contribution >= 4 is 0 Å². The Morgan fingerprint density at radius 1 is 0.793 bits per heavy atom. The van der Waals surface area contributed by atoms with Crippen LogP contribution in [0.4, 0.5) is 4.39 Å². The maximum Gasteiger partial charge on any atom is 0.161 e. The van der Waals surface area contributed by atoms with Crippen molar-refractivity contribution in [2.75, 3.05) is 14.2 Å². The van der Waals surface area contributed by atoms with Crippen LogP contribution in [-0.2, 0) is 6.54 Å². The van der Waals surface area contributed by atoms with Crippen LogP contribution in [0.1, 0.15) is 5.56 Å². The van der Waals surface area contributed by atoms with E-state index in [-0.39, 0.29) is 5.82 Å². The summed E-state index contributed by atoms with van der Waals surface area (Å²) in [4.78, 5) is 0. The molecule has 0 radical (unpaired) electrons. The van der Waals surface area contributed by atoms with Gasteiger partial charge < -0.3 is 9.47 Å². The number of rotatable bonds is 6. The smallest absolute Gasteiger partial charge is 0.161 e. The molecule has 4 nitrogen and oxygen atoms in total. The van der Waals surface area contributed by atoms with Gasteiger partial charge in [0.25, 0.3) is 0 Å². The molecule has 0 bridgehead atoms. The largest absolute Gasteiger partial charge is 0.493 e. The molecule has 1 aromatic heterocycles. The second-order valence-electron chi connectivity index (χ2n) is 6.64. The highest BCUT2D eigenvalue weighted by Gasteiger charge is 2.14. The summed E-state index contributed by atoms with van der Waals surface area (Å²) >= 11 is 0. The number of methoxy groups -OCH3 is 2. The topological polar surface area (TPSA) is 36.3 Å². The molecule has 0 aliphatic rings. The van der Waals surface area contributed by atoms with Crippen molar-refractivity contribution in [3.63, 3.8) is 0 Å². The molecule has 0 amide bonds. The molecule has 0 saturated carbocycles. The number of halogens is 1. The van der Waals surface area contributed by atoms with Gasteiger partial charge in [-0.15, -0.1) is 0 Å². The van der Waals surface area contributed by atoms with E-state index >= 15 is 0 Å². The Balaban J connectivity index is 1.79. The standard InChI is InChI=1S/C24H21FN2O2/c1-28-23-12-11-19(14-24(23)29-2)21-15-22(18-8-4-3-5-9-18)27(26-21)16-17-7-6-10-20(25)13-17/h3-15H,16H2,1-2H3. The van der Waals surface area contributed by atoms with Crippen molar-refractivity contribution in [2.24, 2.45) is 0 Å². The van der Waals surface area contributed by atoms with Gasteiger partial charge in [-0.1, -0.05) is 42.5 Å². The molecule has 0 fully saturated rings. The first kappa shape index (κ1) is 18.7. The van der Waals surface area contributed by atoms with Gasteiger partial charge in [-0.3, -0.25) is 4.68 Å². The van der Waals surface area contributed by atoms with E-state index < -0.39 is 0 Å². The monoisotopic (exact) mass is 388 g/mol. The van der Waals surface area contributed by atoms with Crippen LogP contribution in [0.5, 0.6) is 11.5 Å². The number of benzene rings is 3. The highest BCUT2D eigenvalue weighted by molar-refractivity contribution is 5.70. The van der Waals surface area contributed by atoms with Gasteiger partial charge in [-0.25, -0.2) is 4.39 Å². The van der Waals surface area contributed by atoms with Crippen molar-refractivity contribution in [3.8, 4) is 34.0 Å². The predicted molar refractivity (Wildman–Crippen MR) is 112 cm³/mol. The van der Waals surface area contributed by atoms with Gasteiger partial charge in [0, 0.05) is 5.56 Å². The van der Waals surface area contributed by atoms with Crippen LogP contribution in [0.15, 0.2) is 78.9 Å². The average molecular weight is 388 g/mol. The summed E-state index contributed by atoms with van der Waals surface area (Å²) in [5.41, 5.74) is 4.57. The van der Waals surface area contributed by atoms with E-state index in [0.717, 1.165) is 28.1 Å². The van der Waals surface area contributed by atoms with E-state index in [1.165, 1.54) is 12.1 Å². The molecule has 29 heavy (non-hydrogen) atoms. The van der Waals surface area contributed by atoms with Crippen LogP contribution < -0.4 is 9.47 Å². The third-order valence-electron chi connectivity index (χ3n) is 4.75. The minimum atomic E-state index is -0.254. The SMILES string of the molecule is COc1ccc(-c2cc(-c3ccccc3)n(Cc3cccc(F)c3)n2)cc1OC. The van der Waals surface area contributed by atoms with Crippen LogP contribution in [0.2, 0.25) is 0 Å². The van der Waals surface area contributed by atoms with Gasteiger partial charge in [-0.05, 0) is 47.5 Å². The summed E-state index contributed by atoms with van der Waals surface area (Å²) < 4.78 is 26.3. The zero-order valence-electron chi connectivity index (χ0n) is 16.3. The number of hydrogen-bond acceptors (Lipinski definition) is 3. The Bertz CT molecular complexity index is 1120. The summed E-state index contributed by atoms with van der Waals surface area (Å²) in [7, 11) is 3.22. The molecule has 0 atom stereocenters. The quantitative estimate of drug-likeness (QED) is 0.442. The van der Waals surface area contributed by atoms with E-state index in [1.54, 1.807) is 20.3 Å². The average Bonchev–Trinajstić information content (AvgIpc) is 3.17. The Kier molecular flexibility index (Phi) is 5.29. The lowest BCUT2D eigenvalue weighted by molar-refractivity contribution is 0.355. The van der Waals surface area contributed by atoms with Gasteiger partial charge in [0.05, 0.1) is 32.2 Å². The third-order valence-corrected chi connectivity index (χ3v) is 4.75. The molecule has 0 aliphatic heterocycles. The van der Waals surface area contributed by atoms with E-state index in [4.69, 9.17) is 14.6 Å². The van der Waals surface area contributed by atoms with Crippen molar-refractivity contribution in [3.05, 3.63) is 90.2 Å². The molecule has 4 rings (SSSR count). The fourth-order valence-corrected chi connectivity index (χ4v) is 3.32. The van der Waals surface area contributed by atoms with E-state index in [2.05, 4.69) is 0 Å². The first-order valence-corrected chi connectivity index (χ1v) is 9.28. The zero-order chi connectivity index (χ0) is 20.2. The van der Waals surface area contributed by atoms with Crippen molar-refractivity contribution in [1.82, 2.24) is 9.78 Å². The Morgan fingerprint density at radius 3 is 2.31 bits per heavy atom. The number of ether oxygens (including phenoxy) is 2. The molecule has 0 N–H and O–H groups in total. The minimum Gasteiger partial charge on any atom is -0.493 e. The van der Waals surface area contributed by atoms with Gasteiger partial charge in [0.2, 0.25) is 0 Å². The Morgan fingerprint density at radius 2 is 1.59 bits per heavy atom.